The number of rotatable bonds is 11. The molecule has 1 rings (SSSR count). The van der Waals surface area contributed by atoms with E-state index >= 15 is 0 Å². The molecule has 0 aliphatic heterocycles. The SMILES string of the molecule is CCOP(=S)(OCC)SC/C=C(\CO)CCc1ccccc1. The zero-order valence-corrected chi connectivity index (χ0v) is 15.8. The van der Waals surface area contributed by atoms with Crippen molar-refractivity contribution >= 4 is 28.9 Å². The van der Waals surface area contributed by atoms with Crippen molar-refractivity contribution in [2.75, 3.05) is 25.6 Å². The van der Waals surface area contributed by atoms with E-state index in [1.165, 1.54) is 16.9 Å². The van der Waals surface area contributed by atoms with E-state index in [1.807, 2.05) is 38.1 Å². The van der Waals surface area contributed by atoms with Gasteiger partial charge in [0.1, 0.15) is 0 Å². The van der Waals surface area contributed by atoms with Crippen molar-refractivity contribution in [3.8, 4) is 0 Å². The zero-order chi connectivity index (χ0) is 16.3. The zero-order valence-electron chi connectivity index (χ0n) is 13.2. The molecule has 0 bridgehead atoms. The van der Waals surface area contributed by atoms with Crippen LogP contribution >= 0.6 is 17.1 Å². The lowest BCUT2D eigenvalue weighted by molar-refractivity contribution is 0.280. The third kappa shape index (κ3) is 7.91. The molecule has 0 unspecified atom stereocenters. The first-order valence-corrected chi connectivity index (χ1v) is 11.7. The molecule has 0 spiro atoms. The molecule has 1 aromatic carbocycles. The number of hydrogen-bond donors (Lipinski definition) is 1. The van der Waals surface area contributed by atoms with Gasteiger partial charge in [0.25, 0.3) is 0 Å². The standard InChI is InChI=1S/C16H25O3PS2/c1-3-18-20(21,19-4-2)22-13-12-16(14-17)11-10-15-8-6-5-7-9-15/h5-9,12,17H,3-4,10-11,13-14H2,1-2H3/b16-12-. The Hall–Kier alpha value is -0.160. The number of aliphatic hydroxyl groups excluding tert-OH is 1. The lowest BCUT2D eigenvalue weighted by atomic mass is 10.1. The second kappa shape index (κ2) is 11.4. The van der Waals surface area contributed by atoms with E-state index in [0.29, 0.717) is 19.0 Å². The van der Waals surface area contributed by atoms with Gasteiger partial charge in [-0.3, -0.25) is 0 Å². The highest BCUT2D eigenvalue weighted by Gasteiger charge is 2.17. The highest BCUT2D eigenvalue weighted by molar-refractivity contribution is 8.67. The largest absolute Gasteiger partial charge is 0.392 e. The summed E-state index contributed by atoms with van der Waals surface area (Å²) in [4.78, 5) is 0. The van der Waals surface area contributed by atoms with E-state index in [0.717, 1.165) is 18.4 Å². The van der Waals surface area contributed by atoms with Crippen LogP contribution in [0.2, 0.25) is 0 Å². The maximum atomic E-state index is 9.48. The van der Waals surface area contributed by atoms with Crippen LogP contribution in [0, 0.1) is 0 Å². The smallest absolute Gasteiger partial charge is 0.247 e. The van der Waals surface area contributed by atoms with Crippen LogP contribution in [-0.4, -0.2) is 30.7 Å². The van der Waals surface area contributed by atoms with Gasteiger partial charge in [-0.2, -0.15) is 0 Å². The molecular formula is C16H25O3PS2. The summed E-state index contributed by atoms with van der Waals surface area (Å²) in [6.45, 7) is 5.06. The Morgan fingerprint density at radius 1 is 1.23 bits per heavy atom. The van der Waals surface area contributed by atoms with Gasteiger partial charge < -0.3 is 14.2 Å². The monoisotopic (exact) mass is 360 g/mol. The van der Waals surface area contributed by atoms with Crippen molar-refractivity contribution < 1.29 is 14.2 Å². The maximum absolute atomic E-state index is 9.48. The Morgan fingerprint density at radius 3 is 2.41 bits per heavy atom. The first kappa shape index (κ1) is 19.9. The van der Waals surface area contributed by atoms with E-state index in [-0.39, 0.29) is 6.61 Å². The van der Waals surface area contributed by atoms with Crippen molar-refractivity contribution in [1.82, 2.24) is 0 Å². The first-order chi connectivity index (χ1) is 10.6. The molecule has 124 valence electrons. The molecule has 0 atom stereocenters. The summed E-state index contributed by atoms with van der Waals surface area (Å²) < 4.78 is 11.2. The van der Waals surface area contributed by atoms with Gasteiger partial charge in [0.05, 0.1) is 19.8 Å². The number of aliphatic hydroxyl groups is 1. The lowest BCUT2D eigenvalue weighted by Gasteiger charge is -2.19. The highest BCUT2D eigenvalue weighted by Crippen LogP contribution is 2.60. The Labute approximate surface area is 143 Å². The van der Waals surface area contributed by atoms with Crippen molar-refractivity contribution in [3.63, 3.8) is 0 Å². The summed E-state index contributed by atoms with van der Waals surface area (Å²) in [5.41, 5.74) is 0.0748. The average molecular weight is 360 g/mol. The molecule has 3 nitrogen and oxygen atoms in total. The molecule has 1 aromatic rings. The van der Waals surface area contributed by atoms with E-state index in [2.05, 4.69) is 12.1 Å². The Kier molecular flexibility index (Phi) is 10.3. The molecule has 22 heavy (non-hydrogen) atoms. The summed E-state index contributed by atoms with van der Waals surface area (Å²) in [6, 6.07) is 10.3. The second-order valence-corrected chi connectivity index (χ2v) is 10.9. The fraction of sp³-hybridized carbons (Fsp3) is 0.500. The second-order valence-electron chi connectivity index (χ2n) is 4.58. The number of hydrogen-bond acceptors (Lipinski definition) is 5. The van der Waals surface area contributed by atoms with Gasteiger partial charge in [-0.1, -0.05) is 47.8 Å². The van der Waals surface area contributed by atoms with E-state index in [1.54, 1.807) is 0 Å². The summed E-state index contributed by atoms with van der Waals surface area (Å²) in [6.07, 6.45) is 3.84. The Morgan fingerprint density at radius 2 is 1.86 bits per heavy atom. The molecule has 0 radical (unpaired) electrons. The summed E-state index contributed by atoms with van der Waals surface area (Å²) in [5, 5.41) is 9.48. The Bertz CT molecular complexity index is 481. The minimum absolute atomic E-state index is 0.0829. The number of aryl methyl sites for hydroxylation is 1. The number of benzene rings is 1. The van der Waals surface area contributed by atoms with Crippen molar-refractivity contribution in [3.05, 3.63) is 47.5 Å². The third-order valence-electron chi connectivity index (χ3n) is 2.96. The van der Waals surface area contributed by atoms with E-state index in [9.17, 15) is 5.11 Å². The molecule has 0 aliphatic rings. The van der Waals surface area contributed by atoms with Gasteiger partial charge in [0.2, 0.25) is 5.69 Å². The van der Waals surface area contributed by atoms with Crippen LogP contribution in [0.1, 0.15) is 25.8 Å². The molecule has 0 fully saturated rings. The molecule has 0 aliphatic carbocycles. The van der Waals surface area contributed by atoms with Gasteiger partial charge in [0.15, 0.2) is 0 Å². The predicted molar refractivity (Wildman–Crippen MR) is 99.9 cm³/mol. The fourth-order valence-corrected chi connectivity index (χ4v) is 6.25. The molecule has 1 N–H and O–H groups in total. The quantitative estimate of drug-likeness (QED) is 0.462. The van der Waals surface area contributed by atoms with Gasteiger partial charge in [-0.15, -0.1) is 0 Å². The highest BCUT2D eigenvalue weighted by atomic mass is 32.9. The van der Waals surface area contributed by atoms with Crippen LogP contribution in [0.25, 0.3) is 0 Å². The van der Waals surface area contributed by atoms with Crippen LogP contribution in [0.4, 0.5) is 0 Å². The maximum Gasteiger partial charge on any atom is 0.247 e. The van der Waals surface area contributed by atoms with Gasteiger partial charge >= 0.3 is 0 Å². The van der Waals surface area contributed by atoms with Crippen LogP contribution < -0.4 is 0 Å². The molecule has 0 saturated heterocycles. The minimum Gasteiger partial charge on any atom is -0.392 e. The van der Waals surface area contributed by atoms with Crippen molar-refractivity contribution in [2.24, 2.45) is 0 Å². The van der Waals surface area contributed by atoms with Crippen molar-refractivity contribution in [1.29, 1.82) is 0 Å². The molecule has 0 aromatic heterocycles. The van der Waals surface area contributed by atoms with Crippen molar-refractivity contribution in [2.45, 2.75) is 26.7 Å². The molecule has 6 heteroatoms. The van der Waals surface area contributed by atoms with E-state index < -0.39 is 5.69 Å². The van der Waals surface area contributed by atoms with Crippen LogP contribution in [-0.2, 0) is 27.3 Å². The van der Waals surface area contributed by atoms with E-state index in [4.69, 9.17) is 20.9 Å². The average Bonchev–Trinajstić information content (AvgIpc) is 2.52. The topological polar surface area (TPSA) is 38.7 Å². The summed E-state index contributed by atoms with van der Waals surface area (Å²) >= 11 is 7.00. The van der Waals surface area contributed by atoms with Crippen LogP contribution in [0.5, 0.6) is 0 Å². The minimum atomic E-state index is -2.24. The van der Waals surface area contributed by atoms with Gasteiger partial charge in [0, 0.05) is 5.75 Å². The molecule has 0 amide bonds. The predicted octanol–water partition coefficient (Wildman–Crippen LogP) is 4.57. The summed E-state index contributed by atoms with van der Waals surface area (Å²) in [5.74, 6) is 0.710. The third-order valence-corrected chi connectivity index (χ3v) is 8.35. The first-order valence-electron chi connectivity index (χ1n) is 7.50. The molecular weight excluding hydrogens is 335 g/mol. The molecule has 0 saturated carbocycles. The normalized spacial score (nSPS) is 12.6. The van der Waals surface area contributed by atoms with Crippen LogP contribution in [0.3, 0.4) is 0 Å². The lowest BCUT2D eigenvalue weighted by Crippen LogP contribution is -1.96. The molecule has 0 heterocycles. The Balaban J connectivity index is 2.48. The van der Waals surface area contributed by atoms with Gasteiger partial charge in [-0.25, -0.2) is 0 Å². The fourth-order valence-electron chi connectivity index (χ4n) is 1.87. The van der Waals surface area contributed by atoms with Crippen LogP contribution in [0.15, 0.2) is 42.0 Å². The van der Waals surface area contributed by atoms with Gasteiger partial charge in [-0.05, 0) is 49.6 Å². The summed E-state index contributed by atoms with van der Waals surface area (Å²) in [7, 11) is 0.